The molecule has 0 aliphatic carbocycles. The summed E-state index contributed by atoms with van der Waals surface area (Å²) >= 11 is 0. The van der Waals surface area contributed by atoms with E-state index in [2.05, 4.69) is 4.98 Å². The number of hydrogen-bond donors (Lipinski definition) is 1. The van der Waals surface area contributed by atoms with Crippen molar-refractivity contribution in [1.82, 2.24) is 19.5 Å². The van der Waals surface area contributed by atoms with Crippen LogP contribution in [0.1, 0.15) is 33.3 Å². The molecule has 2 aromatic carbocycles. The lowest BCUT2D eigenvalue weighted by Gasteiger charge is -2.11. The minimum Gasteiger partial charge on any atom is -0.383 e. The van der Waals surface area contributed by atoms with E-state index in [-0.39, 0.29) is 5.82 Å². The molecule has 3 heterocycles. The molecule has 0 amide bonds. The van der Waals surface area contributed by atoms with Crippen LogP contribution in [0.15, 0.2) is 79.0 Å². The molecule has 174 valence electrons. The summed E-state index contributed by atoms with van der Waals surface area (Å²) in [5.74, 6) is 0.750. The number of nitrogens with zero attached hydrogens (tertiary/aromatic N) is 4. The Morgan fingerprint density at radius 3 is 2.24 bits per heavy atom. The molecule has 2 N–H and O–H groups in total. The molecule has 3 aromatic heterocycles. The first-order valence-corrected chi connectivity index (χ1v) is 11.5. The van der Waals surface area contributed by atoms with Gasteiger partial charge in [-0.05, 0) is 55.5 Å². The van der Waals surface area contributed by atoms with Crippen LogP contribution in [-0.4, -0.2) is 19.5 Å². The second kappa shape index (κ2) is 11.2. The fourth-order valence-corrected chi connectivity index (χ4v) is 3.49. The molecule has 34 heavy (non-hydrogen) atoms. The Labute approximate surface area is 200 Å². The van der Waals surface area contributed by atoms with Gasteiger partial charge in [0.2, 0.25) is 0 Å². The van der Waals surface area contributed by atoms with Crippen LogP contribution >= 0.6 is 0 Å². The van der Waals surface area contributed by atoms with Crippen LogP contribution in [0.25, 0.3) is 39.5 Å². The Bertz CT molecular complexity index is 1370. The quantitative estimate of drug-likeness (QED) is 0.311. The monoisotopic (exact) mass is 455 g/mol. The standard InChI is InChI=1S/C24H18FN5.2C2H6/c1-15-7-9-18(10-8-15)30-23(19-6-3-13-27-22(19)26)29-21-12-11-20(28-24(21)30)16-4-2-5-17(25)14-16;2*1-2/h2-14H,1H3,(H2,26,27);2*1-2H3. The summed E-state index contributed by atoms with van der Waals surface area (Å²) in [5, 5.41) is 0. The number of imidazole rings is 1. The van der Waals surface area contributed by atoms with E-state index in [1.165, 1.54) is 12.1 Å². The van der Waals surface area contributed by atoms with Gasteiger partial charge in [0.05, 0.1) is 11.3 Å². The number of hydrogen-bond acceptors (Lipinski definition) is 4. The van der Waals surface area contributed by atoms with Gasteiger partial charge in [-0.25, -0.2) is 19.3 Å². The molecule has 0 bridgehead atoms. The summed E-state index contributed by atoms with van der Waals surface area (Å²) < 4.78 is 15.7. The zero-order valence-electron chi connectivity index (χ0n) is 20.2. The Morgan fingerprint density at radius 1 is 0.824 bits per heavy atom. The van der Waals surface area contributed by atoms with Crippen molar-refractivity contribution in [2.75, 3.05) is 5.73 Å². The van der Waals surface area contributed by atoms with Gasteiger partial charge in [0, 0.05) is 17.4 Å². The largest absolute Gasteiger partial charge is 0.383 e. The average Bonchev–Trinajstić information content (AvgIpc) is 3.26. The summed E-state index contributed by atoms with van der Waals surface area (Å²) in [6.45, 7) is 10.0. The molecule has 5 rings (SSSR count). The smallest absolute Gasteiger partial charge is 0.165 e. The number of rotatable bonds is 3. The Kier molecular flexibility index (Phi) is 8.09. The summed E-state index contributed by atoms with van der Waals surface area (Å²) in [6, 6.07) is 22.0. The fourth-order valence-electron chi connectivity index (χ4n) is 3.49. The maximum atomic E-state index is 13.8. The van der Waals surface area contributed by atoms with E-state index < -0.39 is 0 Å². The number of anilines is 1. The number of aromatic nitrogens is 4. The third kappa shape index (κ3) is 4.96. The lowest BCUT2D eigenvalue weighted by Crippen LogP contribution is -2.02. The van der Waals surface area contributed by atoms with Crippen LogP contribution in [0.5, 0.6) is 0 Å². The molecular weight excluding hydrogens is 425 g/mol. The number of aryl methyl sites for hydroxylation is 1. The van der Waals surface area contributed by atoms with Gasteiger partial charge >= 0.3 is 0 Å². The van der Waals surface area contributed by atoms with Gasteiger partial charge in [0.1, 0.15) is 17.2 Å². The van der Waals surface area contributed by atoms with Crippen LogP contribution in [0.3, 0.4) is 0 Å². The maximum absolute atomic E-state index is 13.8. The molecular formula is C28H30FN5. The van der Waals surface area contributed by atoms with E-state index in [0.717, 1.165) is 16.8 Å². The predicted molar refractivity (Wildman–Crippen MR) is 139 cm³/mol. The number of fused-ring (bicyclic) bond motifs is 1. The molecule has 0 aliphatic heterocycles. The van der Waals surface area contributed by atoms with Gasteiger partial charge in [-0.1, -0.05) is 57.5 Å². The molecule has 0 saturated heterocycles. The van der Waals surface area contributed by atoms with Crippen molar-refractivity contribution in [3.05, 3.63) is 90.4 Å². The number of halogens is 1. The lowest BCUT2D eigenvalue weighted by molar-refractivity contribution is 0.628. The van der Waals surface area contributed by atoms with Gasteiger partial charge in [0.15, 0.2) is 11.5 Å². The van der Waals surface area contributed by atoms with Crippen LogP contribution in [-0.2, 0) is 0 Å². The van der Waals surface area contributed by atoms with E-state index in [9.17, 15) is 4.39 Å². The number of pyridine rings is 2. The Morgan fingerprint density at radius 2 is 1.56 bits per heavy atom. The molecule has 0 atom stereocenters. The third-order valence-electron chi connectivity index (χ3n) is 5.00. The van der Waals surface area contributed by atoms with Crippen LogP contribution in [0.4, 0.5) is 10.2 Å². The highest BCUT2D eigenvalue weighted by Crippen LogP contribution is 2.31. The SMILES string of the molecule is CC.CC.Cc1ccc(-n2c(-c3cccnc3N)nc3ccc(-c4cccc(F)c4)nc32)cc1. The van der Waals surface area contributed by atoms with Crippen molar-refractivity contribution in [3.8, 4) is 28.3 Å². The van der Waals surface area contributed by atoms with E-state index in [1.807, 2.05) is 93.8 Å². The molecule has 5 nitrogen and oxygen atoms in total. The first-order chi connectivity index (χ1) is 16.6. The van der Waals surface area contributed by atoms with Gasteiger partial charge in [0.25, 0.3) is 0 Å². The molecule has 0 aliphatic rings. The molecule has 6 heteroatoms. The van der Waals surface area contributed by atoms with Crippen molar-refractivity contribution < 1.29 is 4.39 Å². The molecule has 0 spiro atoms. The zero-order valence-corrected chi connectivity index (χ0v) is 20.2. The minimum absolute atomic E-state index is 0.301. The summed E-state index contributed by atoms with van der Waals surface area (Å²) in [6.07, 6.45) is 1.65. The lowest BCUT2D eigenvalue weighted by atomic mass is 10.1. The predicted octanol–water partition coefficient (Wildman–Crippen LogP) is 7.23. The van der Waals surface area contributed by atoms with Gasteiger partial charge in [-0.15, -0.1) is 0 Å². The highest BCUT2D eigenvalue weighted by molar-refractivity contribution is 5.84. The van der Waals surface area contributed by atoms with Gasteiger partial charge < -0.3 is 5.73 Å². The van der Waals surface area contributed by atoms with Gasteiger partial charge in [-0.3, -0.25) is 4.57 Å². The number of nitrogen functional groups attached to an aromatic ring is 1. The third-order valence-corrected chi connectivity index (χ3v) is 5.00. The van der Waals surface area contributed by atoms with Crippen LogP contribution < -0.4 is 5.73 Å². The van der Waals surface area contributed by atoms with Crippen molar-refractivity contribution in [3.63, 3.8) is 0 Å². The maximum Gasteiger partial charge on any atom is 0.165 e. The summed E-state index contributed by atoms with van der Waals surface area (Å²) in [4.78, 5) is 13.8. The molecule has 0 saturated carbocycles. The van der Waals surface area contributed by atoms with Crippen molar-refractivity contribution >= 4 is 17.0 Å². The summed E-state index contributed by atoms with van der Waals surface area (Å²) in [5.41, 5.74) is 11.7. The van der Waals surface area contributed by atoms with Crippen molar-refractivity contribution in [1.29, 1.82) is 0 Å². The second-order valence-electron chi connectivity index (χ2n) is 7.09. The summed E-state index contributed by atoms with van der Waals surface area (Å²) in [7, 11) is 0. The highest BCUT2D eigenvalue weighted by atomic mass is 19.1. The first kappa shape index (κ1) is 24.6. The van der Waals surface area contributed by atoms with E-state index in [0.29, 0.717) is 34.1 Å². The molecule has 0 radical (unpaired) electrons. The Balaban J connectivity index is 0.000000771. The van der Waals surface area contributed by atoms with Gasteiger partial charge in [-0.2, -0.15) is 0 Å². The van der Waals surface area contributed by atoms with Crippen LogP contribution in [0, 0.1) is 12.7 Å². The van der Waals surface area contributed by atoms with E-state index in [4.69, 9.17) is 15.7 Å². The molecule has 5 aromatic rings. The van der Waals surface area contributed by atoms with Crippen molar-refractivity contribution in [2.45, 2.75) is 34.6 Å². The second-order valence-corrected chi connectivity index (χ2v) is 7.09. The molecule has 0 unspecified atom stereocenters. The molecule has 0 fully saturated rings. The van der Waals surface area contributed by atoms with E-state index in [1.54, 1.807) is 12.3 Å². The van der Waals surface area contributed by atoms with Crippen LogP contribution in [0.2, 0.25) is 0 Å². The average molecular weight is 456 g/mol. The number of benzene rings is 2. The fraction of sp³-hybridized carbons (Fsp3) is 0.179. The minimum atomic E-state index is -0.301. The topological polar surface area (TPSA) is 69.6 Å². The van der Waals surface area contributed by atoms with Crippen molar-refractivity contribution in [2.24, 2.45) is 0 Å². The Hall–Kier alpha value is -4.06. The van der Waals surface area contributed by atoms with E-state index >= 15 is 0 Å². The zero-order chi connectivity index (χ0) is 24.7. The number of nitrogens with two attached hydrogens (primary N) is 1. The highest BCUT2D eigenvalue weighted by Gasteiger charge is 2.18. The normalized spacial score (nSPS) is 10.2. The first-order valence-electron chi connectivity index (χ1n) is 11.5.